The number of hydrogen-bond donors (Lipinski definition) is 8. The first kappa shape index (κ1) is 46.5. The number of carboxylic acids is 2. The SMILES string of the molecule is O=C(O)c1c(OC2CN(C(=O)C[C@@H]3CCNC3)C2)ccc2c1O[B-](O)(O)CC2.O=C(O)c1c(OC2CN(C(=O)C[C@@H]3CCNC3)C2)ccc2c1O[B-](O)(O)CC2.[Na+].[Na+]. The number of benzene rings is 2. The monoisotopic (exact) mass is 828 g/mol. The number of carbonyl (C=O) groups excluding carboxylic acids is 2. The van der Waals surface area contributed by atoms with E-state index in [1.54, 1.807) is 34.1 Å². The van der Waals surface area contributed by atoms with Crippen LogP contribution in [0.3, 0.4) is 0 Å². The third-order valence-electron chi connectivity index (χ3n) is 11.3. The molecule has 2 aromatic rings. The smallest absolute Gasteiger partial charge is 0.669 e. The zero-order valence-electron chi connectivity index (χ0n) is 32.9. The van der Waals surface area contributed by atoms with Crippen molar-refractivity contribution in [1.29, 1.82) is 0 Å². The maximum atomic E-state index is 12.3. The Morgan fingerprint density at radius 2 is 1.03 bits per heavy atom. The summed E-state index contributed by atoms with van der Waals surface area (Å²) in [5, 5.41) is 64.8. The van der Waals surface area contributed by atoms with E-state index >= 15 is 0 Å². The van der Waals surface area contributed by atoms with E-state index in [2.05, 4.69) is 10.6 Å². The number of rotatable bonds is 10. The fourth-order valence-electron chi connectivity index (χ4n) is 7.98. The minimum Gasteiger partial charge on any atom is -0.669 e. The van der Waals surface area contributed by atoms with E-state index in [4.69, 9.17) is 18.8 Å². The number of nitrogens with one attached hydrogen (secondary N) is 2. The number of carboxylic acid groups (broad SMARTS) is 2. The first-order valence-corrected chi connectivity index (χ1v) is 19.3. The zero-order chi connectivity index (χ0) is 39.8. The Balaban J connectivity index is 0.000000214. The molecular formula is C36H48B2N4Na2O14. The Bertz CT molecular complexity index is 1720. The van der Waals surface area contributed by atoms with Crippen LogP contribution in [0.2, 0.25) is 12.6 Å². The summed E-state index contributed by atoms with van der Waals surface area (Å²) < 4.78 is 21.9. The van der Waals surface area contributed by atoms with Crippen molar-refractivity contribution in [1.82, 2.24) is 20.4 Å². The number of fused-ring (bicyclic) bond motifs is 2. The van der Waals surface area contributed by atoms with Crippen LogP contribution in [0.4, 0.5) is 0 Å². The minimum absolute atomic E-state index is 0. The van der Waals surface area contributed by atoms with Crippen molar-refractivity contribution < 1.29 is 127 Å². The number of nitrogens with zero attached hydrogens (tertiary/aromatic N) is 2. The summed E-state index contributed by atoms with van der Waals surface area (Å²) in [6, 6.07) is 6.48. The average molecular weight is 828 g/mol. The summed E-state index contributed by atoms with van der Waals surface area (Å²) in [6.45, 7) is -0.877. The van der Waals surface area contributed by atoms with Gasteiger partial charge in [0, 0.05) is 12.8 Å². The normalized spacial score (nSPS) is 22.7. The quantitative estimate of drug-likeness (QED) is 0.104. The summed E-state index contributed by atoms with van der Waals surface area (Å²) >= 11 is 0. The molecule has 2 amide bonds. The van der Waals surface area contributed by atoms with Crippen LogP contribution >= 0.6 is 0 Å². The van der Waals surface area contributed by atoms with E-state index in [1.165, 1.54) is 0 Å². The second-order valence-electron chi connectivity index (χ2n) is 15.7. The Hall–Kier alpha value is -2.59. The summed E-state index contributed by atoms with van der Waals surface area (Å²) in [7, 11) is 0. The summed E-state index contributed by atoms with van der Waals surface area (Å²) in [5.74, 6) is -1.48. The van der Waals surface area contributed by atoms with E-state index < -0.39 is 25.4 Å². The second-order valence-corrected chi connectivity index (χ2v) is 15.7. The van der Waals surface area contributed by atoms with E-state index in [0.29, 0.717) is 74.8 Å². The van der Waals surface area contributed by atoms with E-state index in [-0.39, 0.29) is 130 Å². The number of carbonyl (C=O) groups is 4. The van der Waals surface area contributed by atoms with Crippen LogP contribution in [0.25, 0.3) is 0 Å². The first-order chi connectivity index (χ1) is 26.6. The van der Waals surface area contributed by atoms with Gasteiger partial charge in [-0.1, -0.05) is 24.8 Å². The molecule has 0 aliphatic carbocycles. The fraction of sp³-hybridized carbons (Fsp3) is 0.556. The molecule has 8 N–H and O–H groups in total. The van der Waals surface area contributed by atoms with Crippen molar-refractivity contribution in [3.8, 4) is 23.0 Å². The number of aryl methyl sites for hydroxylation is 2. The van der Waals surface area contributed by atoms with Gasteiger partial charge in [0.25, 0.3) is 0 Å². The van der Waals surface area contributed by atoms with Crippen LogP contribution < -0.4 is 88.5 Å². The molecule has 2 aromatic carbocycles. The number of amides is 2. The predicted molar refractivity (Wildman–Crippen MR) is 199 cm³/mol. The van der Waals surface area contributed by atoms with Crippen molar-refractivity contribution in [3.05, 3.63) is 46.5 Å². The number of hydrogen-bond acceptors (Lipinski definition) is 14. The van der Waals surface area contributed by atoms with Crippen molar-refractivity contribution in [3.63, 3.8) is 0 Å². The van der Waals surface area contributed by atoms with Crippen LogP contribution in [-0.4, -0.2) is 142 Å². The summed E-state index contributed by atoms with van der Waals surface area (Å²) in [4.78, 5) is 51.6. The molecule has 8 rings (SSSR count). The van der Waals surface area contributed by atoms with Crippen molar-refractivity contribution in [2.75, 3.05) is 52.4 Å². The molecule has 22 heteroatoms. The molecular weight excluding hydrogens is 780 g/mol. The third kappa shape index (κ3) is 11.0. The van der Waals surface area contributed by atoms with Crippen molar-refractivity contribution in [2.45, 2.75) is 63.4 Å². The molecule has 6 heterocycles. The largest absolute Gasteiger partial charge is 1.00 e. The summed E-state index contributed by atoms with van der Waals surface area (Å²) in [6.07, 6.45) is 3.10. The third-order valence-corrected chi connectivity index (χ3v) is 11.3. The van der Waals surface area contributed by atoms with Crippen molar-refractivity contribution in [2.24, 2.45) is 11.8 Å². The van der Waals surface area contributed by atoms with Gasteiger partial charge in [-0.25, -0.2) is 9.59 Å². The molecule has 0 unspecified atom stereocenters. The Labute approximate surface area is 379 Å². The predicted octanol–water partition coefficient (Wildman–Crippen LogP) is -6.33. The molecule has 0 saturated carbocycles. The number of likely N-dealkylation sites (tertiary alicyclic amines) is 2. The molecule has 6 aliphatic heterocycles. The van der Waals surface area contributed by atoms with E-state index in [0.717, 1.165) is 39.0 Å². The van der Waals surface area contributed by atoms with Gasteiger partial charge in [-0.15, -0.1) is 0 Å². The molecule has 18 nitrogen and oxygen atoms in total. The fourth-order valence-corrected chi connectivity index (χ4v) is 7.98. The van der Waals surface area contributed by atoms with E-state index in [1.807, 2.05) is 0 Å². The van der Waals surface area contributed by atoms with Crippen LogP contribution in [0, 0.1) is 11.8 Å². The Morgan fingerprint density at radius 3 is 1.36 bits per heavy atom. The first-order valence-electron chi connectivity index (χ1n) is 19.3. The van der Waals surface area contributed by atoms with Gasteiger partial charge >= 0.3 is 84.6 Å². The van der Waals surface area contributed by atoms with Gasteiger partial charge in [0.15, 0.2) is 0 Å². The number of ether oxygens (including phenoxy) is 2. The molecule has 0 radical (unpaired) electrons. The minimum atomic E-state index is -3.07. The molecule has 6 aliphatic rings. The maximum Gasteiger partial charge on any atom is 1.00 e. The van der Waals surface area contributed by atoms with Gasteiger partial charge in [-0.05, 0) is 87.0 Å². The topological polar surface area (TPSA) is 257 Å². The molecule has 58 heavy (non-hydrogen) atoms. The molecule has 2 atom stereocenters. The molecule has 4 saturated heterocycles. The molecule has 304 valence electrons. The maximum absolute atomic E-state index is 12.3. The average Bonchev–Trinajstić information content (AvgIpc) is 3.81. The van der Waals surface area contributed by atoms with Gasteiger partial charge in [0.05, 0.1) is 37.7 Å². The van der Waals surface area contributed by atoms with Crippen LogP contribution in [-0.2, 0) is 22.4 Å². The van der Waals surface area contributed by atoms with Gasteiger partial charge in [-0.3, -0.25) is 9.59 Å². The second kappa shape index (κ2) is 19.4. The molecule has 0 spiro atoms. The van der Waals surface area contributed by atoms with Gasteiger partial charge in [-0.2, -0.15) is 0 Å². The van der Waals surface area contributed by atoms with Crippen molar-refractivity contribution >= 4 is 37.3 Å². The molecule has 0 aromatic heterocycles. The standard InChI is InChI=1S/2C18H24BN2O7.2Na/c2*22-15(7-11-4-6-20-8-11)21-9-13(10-21)27-14-2-1-12-3-5-19(25,26)28-17(12)16(14)18(23)24;;/h2*1-2,11,13,20,25-26H,3-10H2,(H,23,24);;/q2*-1;2*+1/t2*11-;;/m00../s1. The molecule has 4 fully saturated rings. The Kier molecular flexibility index (Phi) is 15.6. The molecule has 0 bridgehead atoms. The van der Waals surface area contributed by atoms with Crippen LogP contribution in [0.5, 0.6) is 23.0 Å². The zero-order valence-corrected chi connectivity index (χ0v) is 36.9. The Morgan fingerprint density at radius 1 is 0.655 bits per heavy atom. The van der Waals surface area contributed by atoms with Gasteiger partial charge < -0.3 is 69.5 Å². The van der Waals surface area contributed by atoms with Gasteiger partial charge in [0.2, 0.25) is 11.8 Å². The van der Waals surface area contributed by atoms with E-state index in [9.17, 15) is 49.5 Å². The van der Waals surface area contributed by atoms with Gasteiger partial charge in [0.1, 0.15) is 34.8 Å². The number of aromatic carboxylic acids is 2. The van der Waals surface area contributed by atoms with Crippen LogP contribution in [0.1, 0.15) is 57.5 Å². The summed E-state index contributed by atoms with van der Waals surface area (Å²) in [5.41, 5.74) is 0.767. The van der Waals surface area contributed by atoms with Crippen LogP contribution in [0.15, 0.2) is 24.3 Å².